The van der Waals surface area contributed by atoms with Gasteiger partial charge in [-0.15, -0.1) is 0 Å². The third-order valence-electron chi connectivity index (χ3n) is 7.72. The Morgan fingerprint density at radius 2 is 1.10 bits per heavy atom. The van der Waals surface area contributed by atoms with E-state index in [1.807, 2.05) is 0 Å². The van der Waals surface area contributed by atoms with Crippen molar-refractivity contribution in [1.82, 2.24) is 0 Å². The van der Waals surface area contributed by atoms with Crippen LogP contribution in [0.15, 0.2) is 0 Å². The zero-order valence-electron chi connectivity index (χ0n) is 20.1. The summed E-state index contributed by atoms with van der Waals surface area (Å²) in [5.74, 6) is -1.52. The van der Waals surface area contributed by atoms with Crippen molar-refractivity contribution in [3.8, 4) is 0 Å². The Kier molecular flexibility index (Phi) is 13.3. The third kappa shape index (κ3) is 9.53. The van der Waals surface area contributed by atoms with Gasteiger partial charge in [0.15, 0.2) is 0 Å². The lowest BCUT2D eigenvalue weighted by Gasteiger charge is -2.26. The lowest BCUT2D eigenvalue weighted by Crippen LogP contribution is -2.35. The standard InChI is InChI=1S/C27H48O4/c1-2-3-4-5-6-7-8-9-10-11-12-13-14-15-16-17-20-31-27(30)25-23-19-18-22(21-23)24(25)26(28)29/h22-25H,2-21H2,1H3,(H,28,29). The molecule has 0 amide bonds. The summed E-state index contributed by atoms with van der Waals surface area (Å²) < 4.78 is 5.48. The van der Waals surface area contributed by atoms with Gasteiger partial charge in [-0.1, -0.05) is 103 Å². The van der Waals surface area contributed by atoms with Gasteiger partial charge in [0, 0.05) is 0 Å². The average Bonchev–Trinajstić information content (AvgIpc) is 3.37. The highest BCUT2D eigenvalue weighted by atomic mass is 16.5. The molecule has 4 heteroatoms. The van der Waals surface area contributed by atoms with Gasteiger partial charge >= 0.3 is 11.9 Å². The van der Waals surface area contributed by atoms with Crippen LogP contribution in [0.4, 0.5) is 0 Å². The molecule has 0 aromatic rings. The lowest BCUT2D eigenvalue weighted by molar-refractivity contribution is -0.160. The van der Waals surface area contributed by atoms with Crippen molar-refractivity contribution in [3.05, 3.63) is 0 Å². The summed E-state index contributed by atoms with van der Waals surface area (Å²) in [5.41, 5.74) is 0. The number of rotatable bonds is 19. The number of carbonyl (C=O) groups excluding carboxylic acids is 1. The Morgan fingerprint density at radius 3 is 1.55 bits per heavy atom. The molecule has 0 spiro atoms. The molecule has 2 bridgehead atoms. The Morgan fingerprint density at radius 1 is 0.677 bits per heavy atom. The zero-order chi connectivity index (χ0) is 22.3. The van der Waals surface area contributed by atoms with Crippen LogP contribution in [0.1, 0.15) is 129 Å². The molecule has 4 atom stereocenters. The van der Waals surface area contributed by atoms with Crippen LogP contribution < -0.4 is 0 Å². The van der Waals surface area contributed by atoms with Gasteiger partial charge in [-0.05, 0) is 37.5 Å². The molecule has 0 heterocycles. The fourth-order valence-electron chi connectivity index (χ4n) is 5.90. The topological polar surface area (TPSA) is 63.6 Å². The third-order valence-corrected chi connectivity index (χ3v) is 7.72. The molecule has 180 valence electrons. The van der Waals surface area contributed by atoms with Crippen molar-refractivity contribution in [2.24, 2.45) is 23.7 Å². The summed E-state index contributed by atoms with van der Waals surface area (Å²) in [6, 6.07) is 0. The summed E-state index contributed by atoms with van der Waals surface area (Å²) in [6.45, 7) is 2.73. The average molecular weight is 437 g/mol. The second kappa shape index (κ2) is 15.7. The number of hydrogen-bond donors (Lipinski definition) is 1. The number of ether oxygens (including phenoxy) is 1. The number of hydrogen-bond acceptors (Lipinski definition) is 3. The van der Waals surface area contributed by atoms with Crippen molar-refractivity contribution >= 4 is 11.9 Å². The van der Waals surface area contributed by atoms with Gasteiger partial charge in [0.2, 0.25) is 0 Å². The molecular weight excluding hydrogens is 388 g/mol. The molecule has 0 aliphatic heterocycles. The predicted octanol–water partition coefficient (Wildman–Crippen LogP) is 7.54. The Hall–Kier alpha value is -1.06. The van der Waals surface area contributed by atoms with E-state index in [1.54, 1.807) is 0 Å². The van der Waals surface area contributed by atoms with E-state index in [4.69, 9.17) is 4.74 Å². The van der Waals surface area contributed by atoms with Gasteiger partial charge in [0.05, 0.1) is 18.4 Å². The van der Waals surface area contributed by atoms with E-state index in [0.29, 0.717) is 6.61 Å². The van der Waals surface area contributed by atoms with Crippen molar-refractivity contribution in [2.45, 2.75) is 129 Å². The minimum atomic E-state index is -0.809. The highest BCUT2D eigenvalue weighted by Gasteiger charge is 2.54. The van der Waals surface area contributed by atoms with Crippen molar-refractivity contribution in [1.29, 1.82) is 0 Å². The Balaban J connectivity index is 1.35. The molecule has 0 aromatic heterocycles. The maximum atomic E-state index is 12.4. The maximum absolute atomic E-state index is 12.4. The number of aliphatic carboxylic acids is 1. The van der Waals surface area contributed by atoms with E-state index in [1.165, 1.54) is 89.9 Å². The van der Waals surface area contributed by atoms with Crippen LogP contribution in [0.3, 0.4) is 0 Å². The SMILES string of the molecule is CCCCCCCCCCCCCCCCCCOC(=O)C1C2CCC(C2)C1C(=O)O. The molecule has 0 aromatic carbocycles. The second-order valence-corrected chi connectivity index (χ2v) is 10.2. The summed E-state index contributed by atoms with van der Waals surface area (Å²) in [4.78, 5) is 24.0. The van der Waals surface area contributed by atoms with Crippen LogP contribution in [0.25, 0.3) is 0 Å². The minimum Gasteiger partial charge on any atom is -0.481 e. The first kappa shape index (κ1) is 26.2. The van der Waals surface area contributed by atoms with E-state index in [0.717, 1.165) is 32.1 Å². The molecule has 4 unspecified atom stereocenters. The van der Waals surface area contributed by atoms with E-state index >= 15 is 0 Å². The lowest BCUT2D eigenvalue weighted by atomic mass is 9.79. The number of unbranched alkanes of at least 4 members (excludes halogenated alkanes) is 15. The molecule has 1 N–H and O–H groups in total. The van der Waals surface area contributed by atoms with Crippen LogP contribution in [-0.2, 0) is 14.3 Å². The van der Waals surface area contributed by atoms with Crippen molar-refractivity contribution < 1.29 is 19.4 Å². The summed E-state index contributed by atoms with van der Waals surface area (Å²) in [5, 5.41) is 9.47. The maximum Gasteiger partial charge on any atom is 0.310 e. The largest absolute Gasteiger partial charge is 0.481 e. The second-order valence-electron chi connectivity index (χ2n) is 10.2. The van der Waals surface area contributed by atoms with Gasteiger partial charge in [0.1, 0.15) is 0 Å². The van der Waals surface area contributed by atoms with E-state index in [2.05, 4.69) is 6.92 Å². The Bertz CT molecular complexity index is 503. The van der Waals surface area contributed by atoms with Crippen molar-refractivity contribution in [2.75, 3.05) is 6.61 Å². The van der Waals surface area contributed by atoms with Crippen LogP contribution in [-0.4, -0.2) is 23.7 Å². The molecule has 2 aliphatic rings. The number of carbonyl (C=O) groups is 2. The number of fused-ring (bicyclic) bond motifs is 2. The molecular formula is C27H48O4. The van der Waals surface area contributed by atoms with Crippen LogP contribution >= 0.6 is 0 Å². The van der Waals surface area contributed by atoms with Gasteiger partial charge in [0.25, 0.3) is 0 Å². The quantitative estimate of drug-likeness (QED) is 0.168. The molecule has 2 fully saturated rings. The number of carboxylic acid groups (broad SMARTS) is 1. The highest BCUT2D eigenvalue weighted by Crippen LogP contribution is 2.52. The first-order valence-corrected chi connectivity index (χ1v) is 13.5. The first-order valence-electron chi connectivity index (χ1n) is 13.5. The monoisotopic (exact) mass is 436 g/mol. The zero-order valence-corrected chi connectivity index (χ0v) is 20.1. The van der Waals surface area contributed by atoms with Crippen LogP contribution in [0.5, 0.6) is 0 Å². The summed E-state index contributed by atoms with van der Waals surface area (Å²) in [7, 11) is 0. The van der Waals surface area contributed by atoms with E-state index in [9.17, 15) is 14.7 Å². The fourth-order valence-corrected chi connectivity index (χ4v) is 5.90. The molecule has 2 rings (SSSR count). The number of carboxylic acids is 1. The van der Waals surface area contributed by atoms with Gasteiger partial charge in [-0.25, -0.2) is 0 Å². The summed E-state index contributed by atoms with van der Waals surface area (Å²) in [6.07, 6.45) is 24.1. The first-order chi connectivity index (χ1) is 15.1. The van der Waals surface area contributed by atoms with Gasteiger partial charge in [-0.2, -0.15) is 0 Å². The minimum absolute atomic E-state index is 0.190. The smallest absolute Gasteiger partial charge is 0.310 e. The van der Waals surface area contributed by atoms with Gasteiger partial charge in [-0.3, -0.25) is 9.59 Å². The normalized spacial score (nSPS) is 24.5. The number of esters is 1. The molecule has 0 radical (unpaired) electrons. The molecule has 2 aliphatic carbocycles. The van der Waals surface area contributed by atoms with Gasteiger partial charge < -0.3 is 9.84 Å². The summed E-state index contributed by atoms with van der Waals surface area (Å²) >= 11 is 0. The predicted molar refractivity (Wildman–Crippen MR) is 126 cm³/mol. The van der Waals surface area contributed by atoms with E-state index in [-0.39, 0.29) is 17.8 Å². The molecule has 2 saturated carbocycles. The molecule has 0 saturated heterocycles. The van der Waals surface area contributed by atoms with Crippen LogP contribution in [0, 0.1) is 23.7 Å². The van der Waals surface area contributed by atoms with E-state index < -0.39 is 17.8 Å². The molecule has 31 heavy (non-hydrogen) atoms. The molecule has 4 nitrogen and oxygen atoms in total. The fraction of sp³-hybridized carbons (Fsp3) is 0.926. The van der Waals surface area contributed by atoms with Crippen molar-refractivity contribution in [3.63, 3.8) is 0 Å². The highest BCUT2D eigenvalue weighted by molar-refractivity contribution is 5.82. The van der Waals surface area contributed by atoms with Crippen LogP contribution in [0.2, 0.25) is 0 Å². The Labute approximate surface area is 190 Å².